The fraction of sp³-hybridized carbons (Fsp3) is 0.438. The van der Waals surface area contributed by atoms with E-state index in [0.29, 0.717) is 18.0 Å². The smallest absolute Gasteiger partial charge is 0.109 e. The van der Waals surface area contributed by atoms with Gasteiger partial charge >= 0.3 is 0 Å². The van der Waals surface area contributed by atoms with E-state index in [1.807, 2.05) is 18.3 Å². The zero-order valence-electron chi connectivity index (χ0n) is 11.8. The summed E-state index contributed by atoms with van der Waals surface area (Å²) in [4.78, 5) is 5.73. The molecule has 0 radical (unpaired) electrons. The van der Waals surface area contributed by atoms with E-state index >= 15 is 0 Å². The van der Waals surface area contributed by atoms with Crippen molar-refractivity contribution in [1.82, 2.24) is 10.3 Å². The average molecular weight is 307 g/mol. The Bertz CT molecular complexity index is 590. The molecule has 0 saturated heterocycles. The molecule has 1 saturated carbocycles. The van der Waals surface area contributed by atoms with Gasteiger partial charge in [0.15, 0.2) is 0 Å². The van der Waals surface area contributed by atoms with Gasteiger partial charge < -0.3 is 5.32 Å². The highest BCUT2D eigenvalue weighted by Gasteiger charge is 2.32. The van der Waals surface area contributed by atoms with Gasteiger partial charge in [-0.1, -0.05) is 29.8 Å². The van der Waals surface area contributed by atoms with Crippen LogP contribution < -0.4 is 5.32 Å². The van der Waals surface area contributed by atoms with Crippen molar-refractivity contribution in [1.29, 1.82) is 0 Å². The first-order valence-corrected chi connectivity index (χ1v) is 8.25. The van der Waals surface area contributed by atoms with Crippen LogP contribution in [0.2, 0.25) is 5.02 Å². The van der Waals surface area contributed by atoms with Crippen LogP contribution in [-0.4, -0.2) is 11.0 Å². The number of benzene rings is 1. The van der Waals surface area contributed by atoms with Crippen LogP contribution in [0.15, 0.2) is 30.5 Å². The van der Waals surface area contributed by atoms with Crippen LogP contribution >= 0.6 is 22.9 Å². The van der Waals surface area contributed by atoms with E-state index < -0.39 is 0 Å². The number of nitrogens with zero attached hydrogens (tertiary/aromatic N) is 1. The van der Waals surface area contributed by atoms with Gasteiger partial charge in [0.2, 0.25) is 0 Å². The predicted molar refractivity (Wildman–Crippen MR) is 85.6 cm³/mol. The lowest BCUT2D eigenvalue weighted by atomic mass is 9.75. The van der Waals surface area contributed by atoms with Crippen LogP contribution in [0.4, 0.5) is 0 Å². The number of hydrogen-bond acceptors (Lipinski definition) is 3. The number of aromatic nitrogens is 1. The molecule has 1 unspecified atom stereocenters. The molecular formula is C16H19ClN2S. The summed E-state index contributed by atoms with van der Waals surface area (Å²) in [7, 11) is 0. The highest BCUT2D eigenvalue weighted by molar-refractivity contribution is 7.11. The molecule has 1 heterocycles. The minimum Gasteiger partial charge on any atom is -0.305 e. The van der Waals surface area contributed by atoms with Crippen LogP contribution in [0.3, 0.4) is 0 Å². The quantitative estimate of drug-likeness (QED) is 0.885. The molecule has 3 rings (SSSR count). The lowest BCUT2D eigenvalue weighted by Crippen LogP contribution is -2.41. The second-order valence-electron chi connectivity index (χ2n) is 5.58. The molecular weight excluding hydrogens is 288 g/mol. The summed E-state index contributed by atoms with van der Waals surface area (Å²) in [5, 5.41) is 5.76. The summed E-state index contributed by atoms with van der Waals surface area (Å²) in [6, 6.07) is 9.12. The molecule has 20 heavy (non-hydrogen) atoms. The summed E-state index contributed by atoms with van der Waals surface area (Å²) >= 11 is 8.03. The van der Waals surface area contributed by atoms with Crippen molar-refractivity contribution < 1.29 is 0 Å². The SMILES string of the molecule is Cc1cnc(C(C)NC2CC(c3ccccc3Cl)C2)s1. The maximum atomic E-state index is 6.26. The zero-order chi connectivity index (χ0) is 14.1. The molecule has 0 aliphatic heterocycles. The second-order valence-corrected chi connectivity index (χ2v) is 7.26. The minimum absolute atomic E-state index is 0.339. The molecule has 1 atom stereocenters. The summed E-state index contributed by atoms with van der Waals surface area (Å²) in [6.07, 6.45) is 4.28. The van der Waals surface area contributed by atoms with E-state index in [2.05, 4.69) is 36.3 Å². The maximum Gasteiger partial charge on any atom is 0.109 e. The summed E-state index contributed by atoms with van der Waals surface area (Å²) in [5.74, 6) is 0.603. The molecule has 1 N–H and O–H groups in total. The molecule has 0 bridgehead atoms. The first kappa shape index (κ1) is 14.1. The minimum atomic E-state index is 0.339. The van der Waals surface area contributed by atoms with Crippen LogP contribution in [0.25, 0.3) is 0 Å². The molecule has 0 spiro atoms. The Morgan fingerprint density at radius 2 is 2.10 bits per heavy atom. The van der Waals surface area contributed by atoms with E-state index in [0.717, 1.165) is 5.02 Å². The fourth-order valence-electron chi connectivity index (χ4n) is 2.81. The molecule has 106 valence electrons. The Morgan fingerprint density at radius 1 is 1.35 bits per heavy atom. The van der Waals surface area contributed by atoms with E-state index in [9.17, 15) is 0 Å². The summed E-state index contributed by atoms with van der Waals surface area (Å²) in [5.41, 5.74) is 1.30. The predicted octanol–water partition coefficient (Wildman–Crippen LogP) is 4.70. The average Bonchev–Trinajstić information content (AvgIpc) is 2.81. The Balaban J connectivity index is 1.55. The normalized spacial score (nSPS) is 23.4. The van der Waals surface area contributed by atoms with E-state index in [1.54, 1.807) is 11.3 Å². The first-order chi connectivity index (χ1) is 9.63. The molecule has 4 heteroatoms. The standard InChI is InChI=1S/C16H19ClN2S/c1-10-9-18-16(20-10)11(2)19-13-7-12(8-13)14-5-3-4-6-15(14)17/h3-6,9,11-13,19H,7-8H2,1-2H3. The topological polar surface area (TPSA) is 24.9 Å². The highest BCUT2D eigenvalue weighted by atomic mass is 35.5. The van der Waals surface area contributed by atoms with Crippen molar-refractivity contribution in [2.75, 3.05) is 0 Å². The largest absolute Gasteiger partial charge is 0.305 e. The number of thiazole rings is 1. The molecule has 1 aliphatic rings. The van der Waals surface area contributed by atoms with Crippen LogP contribution in [-0.2, 0) is 0 Å². The van der Waals surface area contributed by atoms with Crippen molar-refractivity contribution in [3.8, 4) is 0 Å². The van der Waals surface area contributed by atoms with Crippen molar-refractivity contribution in [3.63, 3.8) is 0 Å². The van der Waals surface area contributed by atoms with Gasteiger partial charge in [0.1, 0.15) is 5.01 Å². The van der Waals surface area contributed by atoms with Crippen LogP contribution in [0.5, 0.6) is 0 Å². The Kier molecular flexibility index (Phi) is 4.11. The Labute approximate surface area is 129 Å². The van der Waals surface area contributed by atoms with Gasteiger partial charge in [-0.15, -0.1) is 11.3 Å². The summed E-state index contributed by atoms with van der Waals surface area (Å²) in [6.45, 7) is 4.30. The van der Waals surface area contributed by atoms with E-state index in [4.69, 9.17) is 11.6 Å². The number of rotatable bonds is 4. The number of hydrogen-bond donors (Lipinski definition) is 1. The van der Waals surface area contributed by atoms with Crippen molar-refractivity contribution in [2.45, 2.75) is 44.7 Å². The van der Waals surface area contributed by atoms with Crippen LogP contribution in [0, 0.1) is 6.92 Å². The molecule has 2 nitrogen and oxygen atoms in total. The molecule has 1 aromatic carbocycles. The highest BCUT2D eigenvalue weighted by Crippen LogP contribution is 2.40. The molecule has 1 aromatic heterocycles. The van der Waals surface area contributed by atoms with Crippen molar-refractivity contribution in [3.05, 3.63) is 50.9 Å². The van der Waals surface area contributed by atoms with Gasteiger partial charge in [-0.25, -0.2) is 4.98 Å². The lowest BCUT2D eigenvalue weighted by molar-refractivity contribution is 0.271. The van der Waals surface area contributed by atoms with Gasteiger partial charge in [-0.05, 0) is 44.2 Å². The Morgan fingerprint density at radius 3 is 2.75 bits per heavy atom. The first-order valence-electron chi connectivity index (χ1n) is 7.06. The van der Waals surface area contributed by atoms with E-state index in [-0.39, 0.29) is 0 Å². The van der Waals surface area contributed by atoms with Gasteiger partial charge in [0.05, 0.1) is 6.04 Å². The number of halogens is 1. The van der Waals surface area contributed by atoms with Crippen molar-refractivity contribution in [2.24, 2.45) is 0 Å². The molecule has 0 amide bonds. The third-order valence-electron chi connectivity index (χ3n) is 3.98. The van der Waals surface area contributed by atoms with Gasteiger partial charge in [-0.2, -0.15) is 0 Å². The van der Waals surface area contributed by atoms with Crippen molar-refractivity contribution >= 4 is 22.9 Å². The molecule has 2 aromatic rings. The Hall–Kier alpha value is -0.900. The molecule has 1 aliphatic carbocycles. The van der Waals surface area contributed by atoms with Crippen LogP contribution in [0.1, 0.15) is 47.2 Å². The maximum absolute atomic E-state index is 6.26. The third kappa shape index (κ3) is 2.90. The third-order valence-corrected chi connectivity index (χ3v) is 5.42. The van der Waals surface area contributed by atoms with Gasteiger partial charge in [0, 0.05) is 22.1 Å². The van der Waals surface area contributed by atoms with Gasteiger partial charge in [0.25, 0.3) is 0 Å². The van der Waals surface area contributed by atoms with E-state index in [1.165, 1.54) is 28.3 Å². The number of nitrogens with one attached hydrogen (secondary N) is 1. The molecule has 1 fully saturated rings. The monoisotopic (exact) mass is 306 g/mol. The summed E-state index contributed by atoms with van der Waals surface area (Å²) < 4.78 is 0. The second kappa shape index (κ2) is 5.84. The fourth-order valence-corrected chi connectivity index (χ4v) is 3.89. The van der Waals surface area contributed by atoms with Gasteiger partial charge in [-0.3, -0.25) is 0 Å². The lowest BCUT2D eigenvalue weighted by Gasteiger charge is -2.38. The number of aryl methyl sites for hydroxylation is 1. The zero-order valence-corrected chi connectivity index (χ0v) is 13.3.